The van der Waals surface area contributed by atoms with Gasteiger partial charge in [0.05, 0.1) is 33.1 Å². The van der Waals surface area contributed by atoms with Gasteiger partial charge in [-0.2, -0.15) is 5.10 Å². The first-order chi connectivity index (χ1) is 20.2. The van der Waals surface area contributed by atoms with Crippen LogP contribution in [0, 0.1) is 5.92 Å². The third-order valence-electron chi connectivity index (χ3n) is 7.33. The minimum absolute atomic E-state index is 0.0825. The lowest BCUT2D eigenvalue weighted by molar-refractivity contribution is -0.159. The van der Waals surface area contributed by atoms with E-state index in [1.165, 1.54) is 26.1 Å². The Morgan fingerprint density at radius 1 is 1.19 bits per heavy atom. The van der Waals surface area contributed by atoms with Crippen molar-refractivity contribution in [3.05, 3.63) is 41.7 Å². The van der Waals surface area contributed by atoms with Gasteiger partial charge in [-0.3, -0.25) is 19.5 Å². The summed E-state index contributed by atoms with van der Waals surface area (Å²) >= 11 is 0. The number of aromatic nitrogens is 3. The Labute approximate surface area is 239 Å². The number of amides is 3. The predicted octanol–water partition coefficient (Wildman–Crippen LogP) is 3.44. The molecule has 2 atom stereocenters. The Morgan fingerprint density at radius 2 is 1.95 bits per heavy atom. The summed E-state index contributed by atoms with van der Waals surface area (Å²) < 4.78 is 67.7. The number of hydrogen-bond donors (Lipinski definition) is 3. The molecule has 0 bridgehead atoms. The van der Waals surface area contributed by atoms with Crippen molar-refractivity contribution >= 4 is 28.6 Å². The molecule has 224 valence electrons. The van der Waals surface area contributed by atoms with Gasteiger partial charge in [0.2, 0.25) is 17.7 Å². The number of rotatable bonds is 8. The van der Waals surface area contributed by atoms with Crippen molar-refractivity contribution in [2.24, 2.45) is 5.92 Å². The Kier molecular flexibility index (Phi) is 7.23. The van der Waals surface area contributed by atoms with Crippen LogP contribution in [0.4, 0.5) is 17.6 Å². The van der Waals surface area contributed by atoms with Crippen LogP contribution in [-0.4, -0.2) is 88.3 Å². The molecule has 14 heteroatoms. The van der Waals surface area contributed by atoms with Crippen molar-refractivity contribution in [2.75, 3.05) is 26.7 Å². The summed E-state index contributed by atoms with van der Waals surface area (Å²) in [4.78, 5) is 43.6. The number of likely N-dealkylation sites (tertiary alicyclic amines) is 1. The van der Waals surface area contributed by atoms with Crippen molar-refractivity contribution in [1.29, 1.82) is 0 Å². The molecule has 1 aromatic carbocycles. The largest absolute Gasteiger partial charge is 0.480 e. The maximum absolute atomic E-state index is 14.8. The SMILES string of the molecule is [2H]COc1ncc(-c2ccc3c(C(=O)NCC(C)(C)F)n[nH]c3c2)cc1C(=O)N[C@@H]1CN(C(=O)C2CC(F)(F)C2)C[C@@H]1F. The fourth-order valence-electron chi connectivity index (χ4n) is 5.05. The van der Waals surface area contributed by atoms with Gasteiger partial charge in [-0.1, -0.05) is 6.07 Å². The first kappa shape index (κ1) is 27.9. The Hall–Kier alpha value is -4.23. The van der Waals surface area contributed by atoms with Crippen LogP contribution >= 0.6 is 0 Å². The van der Waals surface area contributed by atoms with E-state index in [1.807, 2.05) is 0 Å². The molecule has 1 saturated carbocycles. The third kappa shape index (κ3) is 6.02. The lowest BCUT2D eigenvalue weighted by Crippen LogP contribution is -2.47. The number of benzene rings is 1. The molecule has 2 aromatic heterocycles. The molecule has 0 spiro atoms. The van der Waals surface area contributed by atoms with Crippen molar-refractivity contribution in [2.45, 2.75) is 50.5 Å². The van der Waals surface area contributed by atoms with Gasteiger partial charge in [-0.25, -0.2) is 22.5 Å². The number of nitrogens with one attached hydrogen (secondary N) is 3. The van der Waals surface area contributed by atoms with Crippen LogP contribution < -0.4 is 15.4 Å². The van der Waals surface area contributed by atoms with Gasteiger partial charge in [-0.15, -0.1) is 0 Å². The van der Waals surface area contributed by atoms with Crippen molar-refractivity contribution < 1.29 is 38.1 Å². The lowest BCUT2D eigenvalue weighted by atomic mass is 9.80. The van der Waals surface area contributed by atoms with Crippen molar-refractivity contribution in [3.8, 4) is 17.0 Å². The zero-order chi connectivity index (χ0) is 31.1. The highest BCUT2D eigenvalue weighted by Crippen LogP contribution is 2.43. The number of methoxy groups -OCH3 is 1. The normalized spacial score (nSPS) is 20.6. The van der Waals surface area contributed by atoms with E-state index < -0.39 is 67.4 Å². The zero-order valence-corrected chi connectivity index (χ0v) is 22.8. The quantitative estimate of drug-likeness (QED) is 0.345. The zero-order valence-electron chi connectivity index (χ0n) is 23.8. The van der Waals surface area contributed by atoms with E-state index in [-0.39, 0.29) is 36.8 Å². The lowest BCUT2D eigenvalue weighted by Gasteiger charge is -2.36. The third-order valence-corrected chi connectivity index (χ3v) is 7.33. The molecule has 3 heterocycles. The Morgan fingerprint density at radius 3 is 2.64 bits per heavy atom. The number of nitrogens with zero attached hydrogens (tertiary/aromatic N) is 3. The summed E-state index contributed by atoms with van der Waals surface area (Å²) in [6, 6.07) is 5.33. The number of alkyl halides is 4. The summed E-state index contributed by atoms with van der Waals surface area (Å²) in [5, 5.41) is 12.3. The number of carbonyl (C=O) groups excluding carboxylic acids is 3. The average molecular weight is 592 g/mol. The van der Waals surface area contributed by atoms with E-state index in [4.69, 9.17) is 6.11 Å². The molecule has 0 radical (unpaired) electrons. The molecule has 2 aliphatic rings. The van der Waals surface area contributed by atoms with Gasteiger partial charge in [0.15, 0.2) is 5.69 Å². The molecule has 2 fully saturated rings. The summed E-state index contributed by atoms with van der Waals surface area (Å²) in [5.74, 6) is -5.78. The van der Waals surface area contributed by atoms with Crippen LogP contribution in [0.5, 0.6) is 5.88 Å². The first-order valence-electron chi connectivity index (χ1n) is 13.9. The minimum Gasteiger partial charge on any atom is -0.480 e. The molecule has 5 rings (SSSR count). The summed E-state index contributed by atoms with van der Waals surface area (Å²) in [7, 11) is -0.541. The topological polar surface area (TPSA) is 129 Å². The highest BCUT2D eigenvalue weighted by Gasteiger charge is 2.51. The molecular formula is C28H30F4N6O4. The van der Waals surface area contributed by atoms with E-state index in [0.717, 1.165) is 4.90 Å². The highest BCUT2D eigenvalue weighted by atomic mass is 19.3. The van der Waals surface area contributed by atoms with E-state index in [0.29, 0.717) is 22.0 Å². The molecule has 3 amide bonds. The van der Waals surface area contributed by atoms with Crippen molar-refractivity contribution in [3.63, 3.8) is 0 Å². The Balaban J connectivity index is 1.32. The number of aromatic amines is 1. The van der Waals surface area contributed by atoms with E-state index >= 15 is 0 Å². The molecule has 0 unspecified atom stereocenters. The highest BCUT2D eigenvalue weighted by molar-refractivity contribution is 6.05. The van der Waals surface area contributed by atoms with Crippen molar-refractivity contribution in [1.82, 2.24) is 30.7 Å². The number of fused-ring (bicyclic) bond motifs is 1. The molecule has 10 nitrogen and oxygen atoms in total. The second kappa shape index (κ2) is 10.9. The van der Waals surface area contributed by atoms with Crippen LogP contribution in [0.3, 0.4) is 0 Å². The number of H-pyrrole nitrogens is 1. The summed E-state index contributed by atoms with van der Waals surface area (Å²) in [6.07, 6.45) is -1.34. The molecule has 1 aliphatic heterocycles. The molecule has 42 heavy (non-hydrogen) atoms. The molecule has 3 aromatic rings. The van der Waals surface area contributed by atoms with Gasteiger partial charge in [-0.05, 0) is 37.6 Å². The molecule has 1 aliphatic carbocycles. The minimum atomic E-state index is -2.89. The maximum Gasteiger partial charge on any atom is 0.272 e. The second-order valence-corrected chi connectivity index (χ2v) is 11.3. The predicted molar refractivity (Wildman–Crippen MR) is 144 cm³/mol. The van der Waals surface area contributed by atoms with Crippen LogP contribution in [0.15, 0.2) is 30.5 Å². The fourth-order valence-corrected chi connectivity index (χ4v) is 5.05. The number of carbonyl (C=O) groups is 3. The molecule has 1 saturated heterocycles. The molecule has 3 N–H and O–H groups in total. The van der Waals surface area contributed by atoms with Gasteiger partial charge < -0.3 is 20.3 Å². The van der Waals surface area contributed by atoms with E-state index in [2.05, 4.69) is 25.8 Å². The number of halogens is 4. The summed E-state index contributed by atoms with van der Waals surface area (Å²) in [5.41, 5.74) is -0.0870. The number of ether oxygens (including phenoxy) is 1. The van der Waals surface area contributed by atoms with E-state index in [9.17, 15) is 31.9 Å². The summed E-state index contributed by atoms with van der Waals surface area (Å²) in [6.45, 7) is 1.98. The van der Waals surface area contributed by atoms with Gasteiger partial charge in [0.25, 0.3) is 11.8 Å². The first-order valence-corrected chi connectivity index (χ1v) is 13.2. The molecular weight excluding hydrogens is 560 g/mol. The maximum atomic E-state index is 14.8. The van der Waals surface area contributed by atoms with Crippen LogP contribution in [0.1, 0.15) is 48.9 Å². The standard InChI is InChI=1S/C28H30F4N6O4/c1-27(2,30)13-34-24(40)22-17-5-4-14(7-20(17)36-37-22)15-6-18(25(42-3)33-10-15)23(39)35-21-12-38(11-19(21)29)26(41)16-8-28(31,32)9-16/h4-7,10,16,19,21H,8-9,11-13H2,1-3H3,(H,34,40)(H,35,39)(H,36,37)/t19-,21+/m0/s1/i3D. The van der Waals surface area contributed by atoms with Crippen LogP contribution in [0.2, 0.25) is 0 Å². The number of hydrogen-bond acceptors (Lipinski definition) is 6. The second-order valence-electron chi connectivity index (χ2n) is 11.3. The van der Waals surface area contributed by atoms with Gasteiger partial charge in [0, 0.05) is 42.5 Å². The number of pyridine rings is 1. The van der Waals surface area contributed by atoms with E-state index in [1.54, 1.807) is 18.2 Å². The van der Waals surface area contributed by atoms with Crippen LogP contribution in [0.25, 0.3) is 22.0 Å². The smallest absolute Gasteiger partial charge is 0.272 e. The average Bonchev–Trinajstić information content (AvgIpc) is 3.52. The van der Waals surface area contributed by atoms with Gasteiger partial charge in [0.1, 0.15) is 17.4 Å². The van der Waals surface area contributed by atoms with Gasteiger partial charge >= 0.3 is 0 Å². The van der Waals surface area contributed by atoms with Crippen LogP contribution in [-0.2, 0) is 4.79 Å². The fraction of sp³-hybridized carbons (Fsp3) is 0.464. The monoisotopic (exact) mass is 591 g/mol. The Bertz CT molecular complexity index is 1550.